The molecular formula is C34H45N3O3. The molecule has 0 unspecified atom stereocenters. The highest BCUT2D eigenvalue weighted by Gasteiger charge is 2.69. The van der Waals surface area contributed by atoms with Crippen molar-refractivity contribution in [2.45, 2.75) is 107 Å². The first-order valence-corrected chi connectivity index (χ1v) is 15.3. The minimum absolute atomic E-state index is 0.0235. The molecule has 7 atom stereocenters. The molecule has 6 heteroatoms. The van der Waals surface area contributed by atoms with E-state index in [2.05, 4.69) is 50.9 Å². The van der Waals surface area contributed by atoms with Crippen molar-refractivity contribution in [3.05, 3.63) is 35.1 Å². The lowest BCUT2D eigenvalue weighted by molar-refractivity contribution is -0.171. The first kappa shape index (κ1) is 27.6. The number of carbonyl (C=O) groups excluding carboxylic acids is 2. The number of hydrogen-bond acceptors (Lipinski definition) is 6. The molecule has 0 aromatic carbocycles. The summed E-state index contributed by atoms with van der Waals surface area (Å²) in [5.74, 6) is 1.71. The first-order chi connectivity index (χ1) is 18.5. The molecule has 6 rings (SSSR count). The highest BCUT2D eigenvalue weighted by atomic mass is 16.4. The molecule has 3 saturated carbocycles. The van der Waals surface area contributed by atoms with E-state index in [0.29, 0.717) is 11.8 Å². The first-order valence-electron chi connectivity index (χ1n) is 15.3. The molecule has 0 bridgehead atoms. The van der Waals surface area contributed by atoms with Crippen molar-refractivity contribution < 1.29 is 14.0 Å². The lowest BCUT2D eigenvalue weighted by atomic mass is 9.34. The second-order valence-electron chi connectivity index (χ2n) is 16.0. The van der Waals surface area contributed by atoms with Crippen LogP contribution in [0.5, 0.6) is 0 Å². The van der Waals surface area contributed by atoms with E-state index >= 15 is 0 Å². The highest BCUT2D eigenvalue weighted by molar-refractivity contribution is 6.04. The van der Waals surface area contributed by atoms with Crippen LogP contribution in [0.15, 0.2) is 27.7 Å². The minimum atomic E-state index is -0.644. The van der Waals surface area contributed by atoms with Crippen molar-refractivity contribution in [1.82, 2.24) is 10.2 Å². The Bertz CT molecular complexity index is 1410. The molecule has 0 radical (unpaired) electrons. The third kappa shape index (κ3) is 3.45. The molecule has 1 aromatic rings. The van der Waals surface area contributed by atoms with Crippen LogP contribution in [0.2, 0.25) is 0 Å². The Morgan fingerprint density at radius 2 is 1.70 bits per heavy atom. The molecule has 6 nitrogen and oxygen atoms in total. The Hall–Kier alpha value is -2.55. The van der Waals surface area contributed by atoms with Crippen LogP contribution in [-0.4, -0.2) is 21.8 Å². The van der Waals surface area contributed by atoms with E-state index in [0.717, 1.165) is 56.9 Å². The van der Waals surface area contributed by atoms with Crippen molar-refractivity contribution in [3.63, 3.8) is 0 Å². The van der Waals surface area contributed by atoms with E-state index in [1.165, 1.54) is 0 Å². The zero-order valence-electron chi connectivity index (χ0n) is 25.6. The molecule has 3 fully saturated rings. The van der Waals surface area contributed by atoms with Gasteiger partial charge >= 0.3 is 0 Å². The standard InChI is InChI=1S/C34H45N3O3/c1-20-36-37-26(40-20)18-34-13-11-29(2,3)17-22(34)27-23(38)15-25-31(6)16-21(19-35)28(39)30(4,5)24(31)9-10-32(25,7)33(27,8)12-14-34/h15-16,22,24,27H,9-14,17-18H2,1-8H3/t22-,24-,27-,31-,32+,33+,34+/m0/s1. The smallest absolute Gasteiger partial charge is 0.217 e. The number of allylic oxidation sites excluding steroid dienone is 4. The van der Waals surface area contributed by atoms with Gasteiger partial charge < -0.3 is 4.42 Å². The zero-order valence-corrected chi connectivity index (χ0v) is 25.6. The second-order valence-corrected chi connectivity index (χ2v) is 16.0. The Balaban J connectivity index is 1.50. The van der Waals surface area contributed by atoms with Crippen molar-refractivity contribution >= 4 is 11.6 Å². The maximum Gasteiger partial charge on any atom is 0.217 e. The average molecular weight is 544 g/mol. The van der Waals surface area contributed by atoms with Gasteiger partial charge in [0.15, 0.2) is 11.6 Å². The van der Waals surface area contributed by atoms with Gasteiger partial charge in [-0.1, -0.05) is 60.1 Å². The lowest BCUT2D eigenvalue weighted by Gasteiger charge is -2.69. The number of hydrogen-bond donors (Lipinski definition) is 0. The van der Waals surface area contributed by atoms with Gasteiger partial charge in [-0.05, 0) is 84.5 Å². The number of nitriles is 1. The van der Waals surface area contributed by atoms with Gasteiger partial charge in [-0.3, -0.25) is 9.59 Å². The SMILES string of the molecule is Cc1nnc(C[C@]23CCC(C)(C)C[C@H]2[C@H]2C(=O)C=C4[C@@]5(C)C=C(C#N)C(=O)C(C)(C)[C@@H]5CC[C@@]4(C)[C@]2(C)CC3)o1. The van der Waals surface area contributed by atoms with Gasteiger partial charge in [0, 0.05) is 30.1 Å². The van der Waals surface area contributed by atoms with Crippen LogP contribution < -0.4 is 0 Å². The molecule has 1 heterocycles. The normalized spacial score (nSPS) is 43.3. The van der Waals surface area contributed by atoms with E-state index in [1.54, 1.807) is 0 Å². The van der Waals surface area contributed by atoms with Crippen LogP contribution in [0, 0.1) is 68.5 Å². The fourth-order valence-corrected chi connectivity index (χ4v) is 10.8. The quantitative estimate of drug-likeness (QED) is 0.393. The maximum atomic E-state index is 14.6. The molecular weight excluding hydrogens is 498 g/mol. The van der Waals surface area contributed by atoms with Gasteiger partial charge in [0.25, 0.3) is 0 Å². The minimum Gasteiger partial charge on any atom is -0.426 e. The van der Waals surface area contributed by atoms with Crippen molar-refractivity contribution in [3.8, 4) is 6.07 Å². The molecule has 0 amide bonds. The van der Waals surface area contributed by atoms with Crippen molar-refractivity contribution in [2.75, 3.05) is 0 Å². The predicted octanol–water partition coefficient (Wildman–Crippen LogP) is 7.14. The molecule has 0 N–H and O–H groups in total. The predicted molar refractivity (Wildman–Crippen MR) is 152 cm³/mol. The number of fused-ring (bicyclic) bond motifs is 7. The topological polar surface area (TPSA) is 96.9 Å². The zero-order chi connectivity index (χ0) is 29.1. The summed E-state index contributed by atoms with van der Waals surface area (Å²) in [6.45, 7) is 17.5. The van der Waals surface area contributed by atoms with Crippen LogP contribution in [-0.2, 0) is 16.0 Å². The summed E-state index contributed by atoms with van der Waals surface area (Å²) in [6, 6.07) is 2.21. The Morgan fingerprint density at radius 3 is 2.35 bits per heavy atom. The van der Waals surface area contributed by atoms with Gasteiger partial charge in [-0.25, -0.2) is 0 Å². The number of aromatic nitrogens is 2. The highest BCUT2D eigenvalue weighted by Crippen LogP contribution is 2.74. The fraction of sp³-hybridized carbons (Fsp3) is 0.735. The van der Waals surface area contributed by atoms with E-state index in [4.69, 9.17) is 4.42 Å². The van der Waals surface area contributed by atoms with Crippen LogP contribution >= 0.6 is 0 Å². The summed E-state index contributed by atoms with van der Waals surface area (Å²) < 4.78 is 5.92. The number of Topliss-reactive ketones (excluding diaryl/α,β-unsaturated/α-hetero) is 1. The number of nitrogens with zero attached hydrogens (tertiary/aromatic N) is 3. The molecule has 214 valence electrons. The lowest BCUT2D eigenvalue weighted by Crippen LogP contribution is -2.65. The van der Waals surface area contributed by atoms with Gasteiger partial charge in [0.05, 0.1) is 5.57 Å². The largest absolute Gasteiger partial charge is 0.426 e. The van der Waals surface area contributed by atoms with E-state index < -0.39 is 10.8 Å². The summed E-state index contributed by atoms with van der Waals surface area (Å²) in [6.07, 6.45) is 11.8. The summed E-state index contributed by atoms with van der Waals surface area (Å²) in [5.41, 5.74) is 0.00729. The van der Waals surface area contributed by atoms with Crippen LogP contribution in [0.4, 0.5) is 0 Å². The Morgan fingerprint density at radius 1 is 1.00 bits per heavy atom. The van der Waals surface area contributed by atoms with Gasteiger partial charge in [-0.15, -0.1) is 10.2 Å². The summed E-state index contributed by atoms with van der Waals surface area (Å²) >= 11 is 0. The van der Waals surface area contributed by atoms with Gasteiger partial charge in [0.2, 0.25) is 11.8 Å². The van der Waals surface area contributed by atoms with Crippen molar-refractivity contribution in [2.24, 2.45) is 50.2 Å². The maximum absolute atomic E-state index is 14.6. The molecule has 5 aliphatic carbocycles. The molecule has 40 heavy (non-hydrogen) atoms. The van der Waals surface area contributed by atoms with Crippen LogP contribution in [0.3, 0.4) is 0 Å². The number of rotatable bonds is 2. The van der Waals surface area contributed by atoms with Crippen LogP contribution in [0.25, 0.3) is 0 Å². The van der Waals surface area contributed by atoms with E-state index in [1.807, 2.05) is 32.9 Å². The number of ketones is 2. The molecule has 0 saturated heterocycles. The summed E-state index contributed by atoms with van der Waals surface area (Å²) in [7, 11) is 0. The van der Waals surface area contributed by atoms with Gasteiger partial charge in [0.1, 0.15) is 6.07 Å². The van der Waals surface area contributed by atoms with Crippen molar-refractivity contribution in [1.29, 1.82) is 5.26 Å². The fourth-order valence-electron chi connectivity index (χ4n) is 10.8. The average Bonchev–Trinajstić information content (AvgIpc) is 3.27. The monoisotopic (exact) mass is 543 g/mol. The number of carbonyl (C=O) groups is 2. The molecule has 0 aliphatic heterocycles. The van der Waals surface area contributed by atoms with E-state index in [-0.39, 0.29) is 56.6 Å². The van der Waals surface area contributed by atoms with Gasteiger partial charge in [-0.2, -0.15) is 5.26 Å². The molecule has 5 aliphatic rings. The van der Waals surface area contributed by atoms with E-state index in [9.17, 15) is 14.9 Å². The Labute approximate surface area is 239 Å². The second kappa shape index (κ2) is 8.26. The Kier molecular flexibility index (Phi) is 5.70. The third-order valence-corrected chi connectivity index (χ3v) is 13.1. The molecule has 0 spiro atoms. The summed E-state index contributed by atoms with van der Waals surface area (Å²) in [4.78, 5) is 27.9. The number of aryl methyl sites for hydroxylation is 1. The molecule has 1 aromatic heterocycles. The third-order valence-electron chi connectivity index (χ3n) is 13.1. The summed E-state index contributed by atoms with van der Waals surface area (Å²) in [5, 5.41) is 18.5. The van der Waals surface area contributed by atoms with Crippen LogP contribution in [0.1, 0.15) is 105 Å².